The van der Waals surface area contributed by atoms with Crippen LogP contribution >= 0.6 is 0 Å². The number of halogens is 3. The molecule has 1 saturated carbocycles. The minimum atomic E-state index is -4.64. The van der Waals surface area contributed by atoms with Crippen molar-refractivity contribution in [2.75, 3.05) is 26.2 Å². The molecule has 0 bridgehead atoms. The molecule has 0 radical (unpaired) electrons. The van der Waals surface area contributed by atoms with E-state index in [0.29, 0.717) is 5.92 Å². The fraction of sp³-hybridized carbons (Fsp3) is 0.625. The molecule has 1 atom stereocenters. The quantitative estimate of drug-likeness (QED) is 0.922. The fourth-order valence-electron chi connectivity index (χ4n) is 3.39. The van der Waals surface area contributed by atoms with Gasteiger partial charge in [0.05, 0.1) is 0 Å². The maximum absolute atomic E-state index is 12.4. The number of ether oxygens (including phenoxy) is 1. The van der Waals surface area contributed by atoms with E-state index in [1.165, 1.54) is 12.5 Å². The molecule has 1 aromatic rings. The van der Waals surface area contributed by atoms with E-state index in [2.05, 4.69) is 15.0 Å². The smallest absolute Gasteiger partial charge is 0.406 e. The first-order chi connectivity index (χ1) is 10.5. The molecule has 1 aromatic carbocycles. The molecule has 1 saturated heterocycles. The highest BCUT2D eigenvalue weighted by Gasteiger charge is 2.35. The number of alkyl halides is 3. The van der Waals surface area contributed by atoms with Gasteiger partial charge in [-0.15, -0.1) is 13.2 Å². The molecule has 22 heavy (non-hydrogen) atoms. The van der Waals surface area contributed by atoms with Crippen molar-refractivity contribution in [2.45, 2.75) is 31.7 Å². The second-order valence-electron chi connectivity index (χ2n) is 6.04. The summed E-state index contributed by atoms with van der Waals surface area (Å²) in [6.07, 6.45) is -1.12. The summed E-state index contributed by atoms with van der Waals surface area (Å²) in [6, 6.07) is 6.71. The molecule has 6 heteroatoms. The van der Waals surface area contributed by atoms with Crippen molar-refractivity contribution in [2.24, 2.45) is 5.92 Å². The number of piperazine rings is 1. The lowest BCUT2D eigenvalue weighted by Gasteiger charge is -2.43. The van der Waals surface area contributed by atoms with Gasteiger partial charge in [0.25, 0.3) is 0 Å². The SMILES string of the molecule is FC(F)(F)Oc1cccc([C@@H](C2CCC2)N2CCNCC2)c1. The van der Waals surface area contributed by atoms with Crippen molar-refractivity contribution >= 4 is 0 Å². The summed E-state index contributed by atoms with van der Waals surface area (Å²) in [4.78, 5) is 2.40. The van der Waals surface area contributed by atoms with Crippen LogP contribution in [-0.2, 0) is 0 Å². The zero-order valence-corrected chi connectivity index (χ0v) is 12.4. The lowest BCUT2D eigenvalue weighted by molar-refractivity contribution is -0.274. The Kier molecular flexibility index (Phi) is 4.59. The Morgan fingerprint density at radius 2 is 1.91 bits per heavy atom. The molecule has 3 nitrogen and oxygen atoms in total. The maximum Gasteiger partial charge on any atom is 0.573 e. The first-order valence-corrected chi connectivity index (χ1v) is 7.83. The van der Waals surface area contributed by atoms with Gasteiger partial charge in [-0.3, -0.25) is 4.90 Å². The van der Waals surface area contributed by atoms with Crippen LogP contribution in [0.15, 0.2) is 24.3 Å². The van der Waals surface area contributed by atoms with Gasteiger partial charge < -0.3 is 10.1 Å². The summed E-state index contributed by atoms with van der Waals surface area (Å²) in [7, 11) is 0. The van der Waals surface area contributed by atoms with E-state index in [-0.39, 0.29) is 11.8 Å². The van der Waals surface area contributed by atoms with Gasteiger partial charge in [0.2, 0.25) is 0 Å². The van der Waals surface area contributed by atoms with Crippen molar-refractivity contribution in [3.05, 3.63) is 29.8 Å². The average Bonchev–Trinajstić information content (AvgIpc) is 2.42. The van der Waals surface area contributed by atoms with Crippen LogP contribution in [0.4, 0.5) is 13.2 Å². The monoisotopic (exact) mass is 314 g/mol. The van der Waals surface area contributed by atoms with Crippen LogP contribution in [0.25, 0.3) is 0 Å². The van der Waals surface area contributed by atoms with E-state index in [1.54, 1.807) is 12.1 Å². The van der Waals surface area contributed by atoms with Crippen LogP contribution in [0.3, 0.4) is 0 Å². The number of nitrogens with zero attached hydrogens (tertiary/aromatic N) is 1. The standard InChI is InChI=1S/C16H21F3N2O/c17-16(18,19)22-14-6-2-5-13(11-14)15(12-3-1-4-12)21-9-7-20-8-10-21/h2,5-6,11-12,15,20H,1,3-4,7-10H2/t15-/m1/s1. The van der Waals surface area contributed by atoms with E-state index in [9.17, 15) is 13.2 Å². The van der Waals surface area contributed by atoms with Crippen molar-refractivity contribution < 1.29 is 17.9 Å². The van der Waals surface area contributed by atoms with Crippen molar-refractivity contribution in [1.29, 1.82) is 0 Å². The molecule has 0 amide bonds. The minimum Gasteiger partial charge on any atom is -0.406 e. The second-order valence-corrected chi connectivity index (χ2v) is 6.04. The van der Waals surface area contributed by atoms with Crippen LogP contribution in [0.2, 0.25) is 0 Å². The van der Waals surface area contributed by atoms with Crippen molar-refractivity contribution in [3.63, 3.8) is 0 Å². The summed E-state index contributed by atoms with van der Waals surface area (Å²) >= 11 is 0. The van der Waals surface area contributed by atoms with Gasteiger partial charge in [-0.2, -0.15) is 0 Å². The molecule has 3 rings (SSSR count). The van der Waals surface area contributed by atoms with E-state index in [1.807, 2.05) is 6.07 Å². The Labute approximate surface area is 128 Å². The van der Waals surface area contributed by atoms with E-state index in [0.717, 1.165) is 44.6 Å². The molecular formula is C16H21F3N2O. The van der Waals surface area contributed by atoms with Gasteiger partial charge in [0.15, 0.2) is 0 Å². The molecular weight excluding hydrogens is 293 g/mol. The van der Waals surface area contributed by atoms with Gasteiger partial charge in [0.1, 0.15) is 5.75 Å². The molecule has 2 fully saturated rings. The molecule has 0 aromatic heterocycles. The summed E-state index contributed by atoms with van der Waals surface area (Å²) in [5.41, 5.74) is 0.938. The second kappa shape index (κ2) is 6.46. The molecule has 2 aliphatic rings. The first kappa shape index (κ1) is 15.6. The third-order valence-electron chi connectivity index (χ3n) is 4.57. The molecule has 1 aliphatic carbocycles. The van der Waals surface area contributed by atoms with Gasteiger partial charge in [0, 0.05) is 32.2 Å². The lowest BCUT2D eigenvalue weighted by atomic mass is 9.76. The zero-order valence-electron chi connectivity index (χ0n) is 12.4. The van der Waals surface area contributed by atoms with E-state index >= 15 is 0 Å². The fourth-order valence-corrected chi connectivity index (χ4v) is 3.39. The summed E-state index contributed by atoms with van der Waals surface area (Å²) in [6.45, 7) is 3.74. The van der Waals surface area contributed by atoms with Gasteiger partial charge >= 0.3 is 6.36 Å². The molecule has 0 unspecified atom stereocenters. The van der Waals surface area contributed by atoms with Gasteiger partial charge in [-0.25, -0.2) is 0 Å². The number of hydrogen-bond acceptors (Lipinski definition) is 3. The highest BCUT2D eigenvalue weighted by Crippen LogP contribution is 2.42. The van der Waals surface area contributed by atoms with Crippen molar-refractivity contribution in [1.82, 2.24) is 10.2 Å². The van der Waals surface area contributed by atoms with E-state index in [4.69, 9.17) is 0 Å². The lowest BCUT2D eigenvalue weighted by Crippen LogP contribution is -2.47. The third-order valence-corrected chi connectivity index (χ3v) is 4.57. The zero-order chi connectivity index (χ0) is 15.6. The molecule has 0 spiro atoms. The highest BCUT2D eigenvalue weighted by molar-refractivity contribution is 5.31. The Hall–Kier alpha value is -1.27. The summed E-state index contributed by atoms with van der Waals surface area (Å²) < 4.78 is 41.4. The predicted octanol–water partition coefficient (Wildman–Crippen LogP) is 3.33. The van der Waals surface area contributed by atoms with Gasteiger partial charge in [-0.05, 0) is 36.5 Å². The predicted molar refractivity (Wildman–Crippen MR) is 77.6 cm³/mol. The average molecular weight is 314 g/mol. The van der Waals surface area contributed by atoms with Crippen LogP contribution in [0, 0.1) is 5.92 Å². The van der Waals surface area contributed by atoms with Crippen LogP contribution in [0.1, 0.15) is 30.9 Å². The molecule has 122 valence electrons. The largest absolute Gasteiger partial charge is 0.573 e. The number of nitrogens with one attached hydrogen (secondary N) is 1. The Morgan fingerprint density at radius 3 is 2.50 bits per heavy atom. The van der Waals surface area contributed by atoms with Gasteiger partial charge in [-0.1, -0.05) is 18.6 Å². The minimum absolute atomic E-state index is 0.121. The van der Waals surface area contributed by atoms with Crippen molar-refractivity contribution in [3.8, 4) is 5.75 Å². The number of hydrogen-bond donors (Lipinski definition) is 1. The van der Waals surface area contributed by atoms with Crippen LogP contribution < -0.4 is 10.1 Å². The Morgan fingerprint density at radius 1 is 1.18 bits per heavy atom. The molecule has 1 heterocycles. The normalized spacial score (nSPS) is 22.1. The van der Waals surface area contributed by atoms with E-state index < -0.39 is 6.36 Å². The first-order valence-electron chi connectivity index (χ1n) is 7.83. The number of benzene rings is 1. The number of rotatable bonds is 4. The van der Waals surface area contributed by atoms with Crippen LogP contribution in [0.5, 0.6) is 5.75 Å². The maximum atomic E-state index is 12.4. The molecule has 1 aliphatic heterocycles. The Balaban J connectivity index is 1.82. The van der Waals surface area contributed by atoms with Crippen LogP contribution in [-0.4, -0.2) is 37.4 Å². The Bertz CT molecular complexity index is 496. The topological polar surface area (TPSA) is 24.5 Å². The summed E-state index contributed by atoms with van der Waals surface area (Å²) in [5.74, 6) is 0.420. The third kappa shape index (κ3) is 3.73. The highest BCUT2D eigenvalue weighted by atomic mass is 19.4. The summed E-state index contributed by atoms with van der Waals surface area (Å²) in [5, 5.41) is 3.32. The molecule has 1 N–H and O–H groups in total.